The Labute approximate surface area is 181 Å². The molecule has 2 N–H and O–H groups in total. The van der Waals surface area contributed by atoms with Crippen LogP contribution in [0.25, 0.3) is 28.0 Å². The zero-order chi connectivity index (χ0) is 22.0. The number of hydrogen-bond donors (Lipinski definition) is 2. The molecule has 0 aromatic carbocycles. The topological polar surface area (TPSA) is 98.1 Å². The predicted octanol–water partition coefficient (Wildman–Crippen LogP) is 3.13. The van der Waals surface area contributed by atoms with Crippen molar-refractivity contribution in [2.45, 2.75) is 65.4 Å². The van der Waals surface area contributed by atoms with E-state index in [0.29, 0.717) is 12.6 Å². The highest BCUT2D eigenvalue weighted by Gasteiger charge is 2.16. The molecule has 164 valence electrons. The van der Waals surface area contributed by atoms with E-state index in [1.807, 2.05) is 47.7 Å². The molecule has 0 fully saturated rings. The van der Waals surface area contributed by atoms with Gasteiger partial charge < -0.3 is 5.11 Å². The number of nitrogens with zero attached hydrogens (tertiary/aromatic N) is 7. The normalized spacial score (nSPS) is 13.0. The van der Waals surface area contributed by atoms with Gasteiger partial charge >= 0.3 is 0 Å². The van der Waals surface area contributed by atoms with Crippen LogP contribution in [0.3, 0.4) is 0 Å². The fraction of sp³-hybridized carbons (Fsp3) is 0.455. The summed E-state index contributed by atoms with van der Waals surface area (Å²) in [5.74, 6) is 0. The molecule has 0 spiro atoms. The number of aliphatic hydroxyl groups is 1. The van der Waals surface area contributed by atoms with Gasteiger partial charge in [-0.2, -0.15) is 15.3 Å². The number of aliphatic hydroxyl groups excluding tert-OH is 1. The van der Waals surface area contributed by atoms with Crippen molar-refractivity contribution in [2.75, 3.05) is 0 Å². The molecule has 1 atom stereocenters. The van der Waals surface area contributed by atoms with E-state index >= 15 is 0 Å². The smallest absolute Gasteiger partial charge is 0.124 e. The minimum Gasteiger partial charge on any atom is -0.377 e. The van der Waals surface area contributed by atoms with Crippen molar-refractivity contribution in [2.24, 2.45) is 0 Å². The lowest BCUT2D eigenvalue weighted by Crippen LogP contribution is -2.37. The fourth-order valence-corrected chi connectivity index (χ4v) is 3.81. The summed E-state index contributed by atoms with van der Waals surface area (Å²) in [5.41, 5.74) is 4.35. The van der Waals surface area contributed by atoms with Crippen LogP contribution in [0.4, 0.5) is 0 Å². The lowest BCUT2D eigenvalue weighted by atomic mass is 10.1. The maximum atomic E-state index is 10.1. The molecule has 0 aliphatic heterocycles. The van der Waals surface area contributed by atoms with Crippen LogP contribution in [0.2, 0.25) is 0 Å². The van der Waals surface area contributed by atoms with Crippen molar-refractivity contribution in [3.8, 4) is 22.5 Å². The maximum absolute atomic E-state index is 10.1. The lowest BCUT2D eigenvalue weighted by molar-refractivity contribution is 0.105. The second-order valence-electron chi connectivity index (χ2n) is 8.10. The summed E-state index contributed by atoms with van der Waals surface area (Å²) in [4.78, 5) is 4.93. The first-order valence-corrected chi connectivity index (χ1v) is 10.8. The van der Waals surface area contributed by atoms with Gasteiger partial charge in [-0.3, -0.25) is 14.7 Å². The Morgan fingerprint density at radius 1 is 1.00 bits per heavy atom. The van der Waals surface area contributed by atoms with Crippen LogP contribution in [-0.2, 0) is 6.54 Å². The Morgan fingerprint density at radius 2 is 1.77 bits per heavy atom. The standard InChI is InChI=1S/C22H30N8O/c1-5-18(6-2)29-12-17(10-25-29)22-20-7-8-23-30(20)13-19(27-22)16-9-24-28(11-16)14-21(31)26-15(3)4/h7-13,15,18,21,26,31H,5-6,14H2,1-4H3. The fourth-order valence-electron chi connectivity index (χ4n) is 3.81. The molecular weight excluding hydrogens is 392 g/mol. The highest BCUT2D eigenvalue weighted by atomic mass is 16.3. The molecule has 9 heteroatoms. The van der Waals surface area contributed by atoms with E-state index in [1.165, 1.54) is 0 Å². The predicted molar refractivity (Wildman–Crippen MR) is 119 cm³/mol. The summed E-state index contributed by atoms with van der Waals surface area (Å²) >= 11 is 0. The largest absolute Gasteiger partial charge is 0.377 e. The molecule has 4 heterocycles. The molecule has 9 nitrogen and oxygen atoms in total. The molecule has 0 amide bonds. The maximum Gasteiger partial charge on any atom is 0.124 e. The number of aromatic nitrogens is 7. The first kappa shape index (κ1) is 21.2. The summed E-state index contributed by atoms with van der Waals surface area (Å²) in [6.07, 6.45) is 12.6. The van der Waals surface area contributed by atoms with Crippen LogP contribution in [-0.4, -0.2) is 51.5 Å². The van der Waals surface area contributed by atoms with Crippen molar-refractivity contribution in [1.29, 1.82) is 0 Å². The Morgan fingerprint density at radius 3 is 2.52 bits per heavy atom. The highest BCUT2D eigenvalue weighted by Crippen LogP contribution is 2.27. The third-order valence-electron chi connectivity index (χ3n) is 5.40. The van der Waals surface area contributed by atoms with E-state index < -0.39 is 6.23 Å². The number of rotatable bonds is 9. The number of hydrogen-bond acceptors (Lipinski definition) is 6. The van der Waals surface area contributed by atoms with Crippen molar-refractivity contribution < 1.29 is 5.11 Å². The van der Waals surface area contributed by atoms with E-state index in [4.69, 9.17) is 4.98 Å². The van der Waals surface area contributed by atoms with Gasteiger partial charge in [-0.1, -0.05) is 13.8 Å². The number of fused-ring (bicyclic) bond motifs is 1. The summed E-state index contributed by atoms with van der Waals surface area (Å²) in [6.45, 7) is 8.70. The average molecular weight is 423 g/mol. The summed E-state index contributed by atoms with van der Waals surface area (Å²) < 4.78 is 5.57. The Bertz CT molecular complexity index is 1140. The zero-order valence-electron chi connectivity index (χ0n) is 18.5. The van der Waals surface area contributed by atoms with Crippen LogP contribution >= 0.6 is 0 Å². The van der Waals surface area contributed by atoms with E-state index in [-0.39, 0.29) is 6.04 Å². The van der Waals surface area contributed by atoms with Crippen molar-refractivity contribution in [3.63, 3.8) is 0 Å². The van der Waals surface area contributed by atoms with Gasteiger partial charge in [0.25, 0.3) is 0 Å². The third-order valence-corrected chi connectivity index (χ3v) is 5.40. The minimum atomic E-state index is -0.666. The molecule has 4 aromatic heterocycles. The molecule has 0 radical (unpaired) electrons. The first-order chi connectivity index (χ1) is 15.0. The summed E-state index contributed by atoms with van der Waals surface area (Å²) in [5, 5.41) is 26.6. The van der Waals surface area contributed by atoms with Gasteiger partial charge in [0.1, 0.15) is 6.23 Å². The third kappa shape index (κ3) is 4.52. The van der Waals surface area contributed by atoms with Gasteiger partial charge in [0.2, 0.25) is 0 Å². The zero-order valence-corrected chi connectivity index (χ0v) is 18.5. The molecule has 4 aromatic rings. The molecule has 0 aliphatic carbocycles. The van der Waals surface area contributed by atoms with Gasteiger partial charge in [0.15, 0.2) is 0 Å². The number of nitrogens with one attached hydrogen (secondary N) is 1. The molecule has 0 bridgehead atoms. The van der Waals surface area contributed by atoms with Crippen LogP contribution in [0.1, 0.15) is 46.6 Å². The second kappa shape index (κ2) is 8.99. The first-order valence-electron chi connectivity index (χ1n) is 10.8. The molecule has 0 saturated heterocycles. The average Bonchev–Trinajstić information content (AvgIpc) is 3.48. The summed E-state index contributed by atoms with van der Waals surface area (Å²) in [7, 11) is 0. The highest BCUT2D eigenvalue weighted by molar-refractivity contribution is 5.78. The monoisotopic (exact) mass is 422 g/mol. The van der Waals surface area contributed by atoms with Crippen LogP contribution in [0.5, 0.6) is 0 Å². The van der Waals surface area contributed by atoms with Crippen LogP contribution in [0, 0.1) is 0 Å². The van der Waals surface area contributed by atoms with Crippen molar-refractivity contribution >= 4 is 5.52 Å². The quantitative estimate of drug-likeness (QED) is 0.402. The lowest BCUT2D eigenvalue weighted by Gasteiger charge is -2.15. The molecule has 31 heavy (non-hydrogen) atoms. The molecule has 0 aliphatic rings. The molecule has 1 unspecified atom stereocenters. The van der Waals surface area contributed by atoms with E-state index in [2.05, 4.69) is 40.7 Å². The van der Waals surface area contributed by atoms with E-state index in [0.717, 1.165) is 40.9 Å². The van der Waals surface area contributed by atoms with Crippen molar-refractivity contribution in [1.82, 2.24) is 39.5 Å². The Kier molecular flexibility index (Phi) is 6.15. The Balaban J connectivity index is 1.67. The molecular formula is C22H30N8O. The second-order valence-corrected chi connectivity index (χ2v) is 8.10. The van der Waals surface area contributed by atoms with Gasteiger partial charge in [-0.15, -0.1) is 0 Å². The van der Waals surface area contributed by atoms with Gasteiger partial charge in [-0.25, -0.2) is 9.50 Å². The van der Waals surface area contributed by atoms with E-state index in [9.17, 15) is 5.11 Å². The van der Waals surface area contributed by atoms with Crippen LogP contribution in [0.15, 0.2) is 43.2 Å². The van der Waals surface area contributed by atoms with Gasteiger partial charge in [-0.05, 0) is 32.8 Å². The van der Waals surface area contributed by atoms with Crippen molar-refractivity contribution in [3.05, 3.63) is 43.2 Å². The molecule has 0 saturated carbocycles. The Hall–Kier alpha value is -3.04. The van der Waals surface area contributed by atoms with Crippen LogP contribution < -0.4 is 5.32 Å². The minimum absolute atomic E-state index is 0.192. The molecule has 4 rings (SSSR count). The van der Waals surface area contributed by atoms with Gasteiger partial charge in [0, 0.05) is 29.6 Å². The SMILES string of the molecule is CCC(CC)n1cc(-c2nc(-c3cnn(CC(O)NC(C)C)c3)cn3nccc23)cn1. The van der Waals surface area contributed by atoms with E-state index in [1.54, 1.807) is 17.1 Å². The van der Waals surface area contributed by atoms with Gasteiger partial charge in [0.05, 0.1) is 54.3 Å². The summed E-state index contributed by atoms with van der Waals surface area (Å²) in [6, 6.07) is 2.53.